The van der Waals surface area contributed by atoms with Gasteiger partial charge in [-0.3, -0.25) is 0 Å². The molecule has 2 nitrogen and oxygen atoms in total. The molecule has 0 heterocycles. The highest BCUT2D eigenvalue weighted by Crippen LogP contribution is 2.18. The zero-order valence-corrected chi connectivity index (χ0v) is 10.5. The summed E-state index contributed by atoms with van der Waals surface area (Å²) in [6.07, 6.45) is 3.29. The van der Waals surface area contributed by atoms with Crippen LogP contribution in [0.5, 0.6) is 5.75 Å². The van der Waals surface area contributed by atoms with E-state index in [1.165, 1.54) is 12.0 Å². The Kier molecular flexibility index (Phi) is 6.66. The summed E-state index contributed by atoms with van der Waals surface area (Å²) in [6.45, 7) is 7.24. The zero-order valence-electron chi connectivity index (χ0n) is 10.5. The van der Waals surface area contributed by atoms with Crippen LogP contribution in [0.4, 0.5) is 0 Å². The first-order valence-corrected chi connectivity index (χ1v) is 6.30. The van der Waals surface area contributed by atoms with Gasteiger partial charge in [0.1, 0.15) is 5.75 Å². The van der Waals surface area contributed by atoms with Gasteiger partial charge in [-0.05, 0) is 44.0 Å². The summed E-state index contributed by atoms with van der Waals surface area (Å²) in [5.74, 6) is 1.04. The molecule has 90 valence electrons. The first-order chi connectivity index (χ1) is 7.88. The molecule has 0 atom stereocenters. The number of hydrogen-bond acceptors (Lipinski definition) is 2. The summed E-state index contributed by atoms with van der Waals surface area (Å²) < 4.78 is 5.72. The lowest BCUT2D eigenvalue weighted by molar-refractivity contribution is 0.314. The first-order valence-electron chi connectivity index (χ1n) is 6.30. The van der Waals surface area contributed by atoms with E-state index in [0.29, 0.717) is 0 Å². The van der Waals surface area contributed by atoms with Crippen molar-refractivity contribution in [1.29, 1.82) is 0 Å². The Bertz CT molecular complexity index is 286. The summed E-state index contributed by atoms with van der Waals surface area (Å²) in [5.41, 5.74) is 1.31. The van der Waals surface area contributed by atoms with Crippen molar-refractivity contribution in [3.05, 3.63) is 29.8 Å². The predicted molar refractivity (Wildman–Crippen MR) is 69.1 cm³/mol. The van der Waals surface area contributed by atoms with Crippen molar-refractivity contribution >= 4 is 0 Å². The third-order valence-corrected chi connectivity index (χ3v) is 2.43. The second-order valence-corrected chi connectivity index (χ2v) is 3.96. The molecule has 0 bridgehead atoms. The SMILES string of the molecule is CCCNCCc1ccccc1OCCC. The Labute approximate surface area is 99.0 Å². The van der Waals surface area contributed by atoms with Crippen LogP contribution in [0.3, 0.4) is 0 Å². The Morgan fingerprint density at radius 1 is 1.06 bits per heavy atom. The lowest BCUT2D eigenvalue weighted by Gasteiger charge is -2.10. The molecule has 0 radical (unpaired) electrons. The molecule has 0 saturated carbocycles. The molecule has 0 fully saturated rings. The van der Waals surface area contributed by atoms with Gasteiger partial charge in [-0.1, -0.05) is 32.0 Å². The van der Waals surface area contributed by atoms with Crippen LogP contribution in [0.25, 0.3) is 0 Å². The summed E-state index contributed by atoms with van der Waals surface area (Å²) in [6, 6.07) is 8.32. The van der Waals surface area contributed by atoms with Crippen LogP contribution in [0, 0.1) is 0 Å². The minimum absolute atomic E-state index is 0.805. The van der Waals surface area contributed by atoms with Gasteiger partial charge >= 0.3 is 0 Å². The molecule has 0 aliphatic heterocycles. The van der Waals surface area contributed by atoms with E-state index in [0.717, 1.165) is 38.3 Å². The fourth-order valence-electron chi connectivity index (χ4n) is 1.59. The number of benzene rings is 1. The maximum Gasteiger partial charge on any atom is 0.122 e. The van der Waals surface area contributed by atoms with E-state index >= 15 is 0 Å². The lowest BCUT2D eigenvalue weighted by Crippen LogP contribution is -2.18. The van der Waals surface area contributed by atoms with Gasteiger partial charge in [0.05, 0.1) is 6.61 Å². The summed E-state index contributed by atoms with van der Waals surface area (Å²) in [7, 11) is 0. The fourth-order valence-corrected chi connectivity index (χ4v) is 1.59. The third-order valence-electron chi connectivity index (χ3n) is 2.43. The van der Waals surface area contributed by atoms with Gasteiger partial charge in [-0.15, -0.1) is 0 Å². The van der Waals surface area contributed by atoms with Crippen molar-refractivity contribution in [1.82, 2.24) is 5.32 Å². The number of nitrogens with one attached hydrogen (secondary N) is 1. The van der Waals surface area contributed by atoms with Crippen LogP contribution >= 0.6 is 0 Å². The first kappa shape index (κ1) is 13.0. The van der Waals surface area contributed by atoms with E-state index in [9.17, 15) is 0 Å². The standard InChI is InChI=1S/C14H23NO/c1-3-10-15-11-9-13-7-5-6-8-14(13)16-12-4-2/h5-8,15H,3-4,9-12H2,1-2H3. The Hall–Kier alpha value is -1.02. The Morgan fingerprint density at radius 3 is 2.62 bits per heavy atom. The molecule has 0 aromatic heterocycles. The number of hydrogen-bond donors (Lipinski definition) is 1. The molecule has 1 aromatic rings. The fraction of sp³-hybridized carbons (Fsp3) is 0.571. The normalized spacial score (nSPS) is 10.4. The van der Waals surface area contributed by atoms with E-state index in [1.807, 2.05) is 6.07 Å². The van der Waals surface area contributed by atoms with Crippen LogP contribution < -0.4 is 10.1 Å². The van der Waals surface area contributed by atoms with Crippen LogP contribution in [0.1, 0.15) is 32.3 Å². The number of rotatable bonds is 8. The minimum Gasteiger partial charge on any atom is -0.493 e. The average molecular weight is 221 g/mol. The van der Waals surface area contributed by atoms with Gasteiger partial charge in [-0.25, -0.2) is 0 Å². The monoisotopic (exact) mass is 221 g/mol. The summed E-state index contributed by atoms with van der Waals surface area (Å²) in [4.78, 5) is 0. The molecular weight excluding hydrogens is 198 g/mol. The van der Waals surface area contributed by atoms with Gasteiger partial charge < -0.3 is 10.1 Å². The van der Waals surface area contributed by atoms with E-state index in [2.05, 4.69) is 37.4 Å². The van der Waals surface area contributed by atoms with Crippen LogP contribution in [0.15, 0.2) is 24.3 Å². The average Bonchev–Trinajstić information content (AvgIpc) is 2.33. The lowest BCUT2D eigenvalue weighted by atomic mass is 10.1. The molecule has 0 unspecified atom stereocenters. The minimum atomic E-state index is 0.805. The highest BCUT2D eigenvalue weighted by molar-refractivity contribution is 5.33. The molecule has 1 N–H and O–H groups in total. The summed E-state index contributed by atoms with van der Waals surface area (Å²) >= 11 is 0. The number of para-hydroxylation sites is 1. The number of ether oxygens (including phenoxy) is 1. The molecule has 0 aliphatic carbocycles. The molecule has 1 rings (SSSR count). The second kappa shape index (κ2) is 8.17. The smallest absolute Gasteiger partial charge is 0.122 e. The Balaban J connectivity index is 2.43. The van der Waals surface area contributed by atoms with Gasteiger partial charge in [0, 0.05) is 0 Å². The van der Waals surface area contributed by atoms with Crippen molar-refractivity contribution in [2.45, 2.75) is 33.1 Å². The van der Waals surface area contributed by atoms with Gasteiger partial charge in [0.25, 0.3) is 0 Å². The van der Waals surface area contributed by atoms with Crippen LogP contribution in [0.2, 0.25) is 0 Å². The maximum atomic E-state index is 5.72. The van der Waals surface area contributed by atoms with Gasteiger partial charge in [-0.2, -0.15) is 0 Å². The van der Waals surface area contributed by atoms with Crippen molar-refractivity contribution < 1.29 is 4.74 Å². The van der Waals surface area contributed by atoms with Crippen molar-refractivity contribution in [2.24, 2.45) is 0 Å². The largest absolute Gasteiger partial charge is 0.493 e. The summed E-state index contributed by atoms with van der Waals surface area (Å²) in [5, 5.41) is 3.41. The topological polar surface area (TPSA) is 21.3 Å². The van der Waals surface area contributed by atoms with E-state index < -0.39 is 0 Å². The molecule has 0 saturated heterocycles. The van der Waals surface area contributed by atoms with Crippen molar-refractivity contribution in [2.75, 3.05) is 19.7 Å². The quantitative estimate of drug-likeness (QED) is 0.681. The van der Waals surface area contributed by atoms with Crippen LogP contribution in [-0.2, 0) is 6.42 Å². The van der Waals surface area contributed by atoms with Crippen LogP contribution in [-0.4, -0.2) is 19.7 Å². The predicted octanol–water partition coefficient (Wildman–Crippen LogP) is 3.02. The molecule has 2 heteroatoms. The van der Waals surface area contributed by atoms with E-state index in [4.69, 9.17) is 4.74 Å². The molecule has 0 spiro atoms. The molecule has 16 heavy (non-hydrogen) atoms. The zero-order chi connectivity index (χ0) is 11.6. The molecular formula is C14H23NO. The molecule has 0 amide bonds. The second-order valence-electron chi connectivity index (χ2n) is 3.96. The van der Waals surface area contributed by atoms with Gasteiger partial charge in [0.2, 0.25) is 0 Å². The highest BCUT2D eigenvalue weighted by Gasteiger charge is 2.01. The molecule has 1 aromatic carbocycles. The molecule has 0 aliphatic rings. The van der Waals surface area contributed by atoms with Gasteiger partial charge in [0.15, 0.2) is 0 Å². The third kappa shape index (κ3) is 4.67. The maximum absolute atomic E-state index is 5.72. The van der Waals surface area contributed by atoms with E-state index in [-0.39, 0.29) is 0 Å². The van der Waals surface area contributed by atoms with Crippen molar-refractivity contribution in [3.8, 4) is 5.75 Å². The highest BCUT2D eigenvalue weighted by atomic mass is 16.5. The van der Waals surface area contributed by atoms with E-state index in [1.54, 1.807) is 0 Å². The Morgan fingerprint density at radius 2 is 1.88 bits per heavy atom. The van der Waals surface area contributed by atoms with Crippen molar-refractivity contribution in [3.63, 3.8) is 0 Å².